The lowest BCUT2D eigenvalue weighted by Crippen LogP contribution is -2.34. The van der Waals surface area contributed by atoms with E-state index in [1.165, 1.54) is 18.4 Å². The first-order chi connectivity index (χ1) is 13.0. The van der Waals surface area contributed by atoms with Gasteiger partial charge in [0.25, 0.3) is 0 Å². The lowest BCUT2D eigenvalue weighted by atomic mass is 9.82. The average molecular weight is 385 g/mol. The van der Waals surface area contributed by atoms with E-state index in [1.54, 1.807) is 11.5 Å². The highest BCUT2D eigenvalue weighted by molar-refractivity contribution is 7.15. The number of hydrogen-bond acceptors (Lipinski definition) is 5. The van der Waals surface area contributed by atoms with E-state index in [1.807, 2.05) is 36.4 Å². The Bertz CT molecular complexity index is 887. The third-order valence-electron chi connectivity index (χ3n) is 4.59. The van der Waals surface area contributed by atoms with Crippen molar-refractivity contribution in [1.29, 1.82) is 0 Å². The maximum absolute atomic E-state index is 12.7. The summed E-state index contributed by atoms with van der Waals surface area (Å²) in [5.41, 5.74) is 1.78. The van der Waals surface area contributed by atoms with Crippen LogP contribution >= 0.6 is 11.3 Å². The second-order valence-electron chi connectivity index (χ2n) is 6.19. The number of aliphatic carboxylic acids is 1. The third kappa shape index (κ3) is 3.93. The lowest BCUT2D eigenvalue weighted by molar-refractivity contribution is -0.146. The molecule has 7 heteroatoms. The fourth-order valence-electron chi connectivity index (χ4n) is 3.17. The van der Waals surface area contributed by atoms with Gasteiger partial charge in [-0.1, -0.05) is 42.5 Å². The molecule has 0 radical (unpaired) electrons. The second-order valence-corrected chi connectivity index (χ2v) is 7.07. The van der Waals surface area contributed by atoms with Gasteiger partial charge in [0.2, 0.25) is 5.91 Å². The van der Waals surface area contributed by atoms with Crippen molar-refractivity contribution in [3.8, 4) is 11.1 Å². The zero-order chi connectivity index (χ0) is 19.4. The van der Waals surface area contributed by atoms with Crippen LogP contribution in [-0.4, -0.2) is 30.1 Å². The molecular formula is C20H19NO5S. The van der Waals surface area contributed by atoms with Crippen molar-refractivity contribution >= 4 is 34.2 Å². The fraction of sp³-hybridized carbons (Fsp3) is 0.250. The molecule has 2 aromatic rings. The number of anilines is 1. The number of ether oxygens (including phenoxy) is 1. The van der Waals surface area contributed by atoms with Gasteiger partial charge in [-0.25, -0.2) is 4.79 Å². The summed E-state index contributed by atoms with van der Waals surface area (Å²) in [5.74, 6) is -3.41. The van der Waals surface area contributed by atoms with Crippen LogP contribution in [0.25, 0.3) is 11.1 Å². The molecule has 0 fully saturated rings. The van der Waals surface area contributed by atoms with Crippen LogP contribution in [0, 0.1) is 11.8 Å². The number of esters is 1. The number of allylic oxidation sites excluding steroid dienone is 2. The summed E-state index contributed by atoms with van der Waals surface area (Å²) in [5, 5.41) is 14.3. The molecule has 2 N–H and O–H groups in total. The summed E-state index contributed by atoms with van der Waals surface area (Å²) in [7, 11) is 1.28. The third-order valence-corrected chi connectivity index (χ3v) is 5.48. The van der Waals surface area contributed by atoms with Gasteiger partial charge < -0.3 is 15.2 Å². The molecule has 0 saturated carbocycles. The van der Waals surface area contributed by atoms with Gasteiger partial charge in [0, 0.05) is 10.9 Å². The monoisotopic (exact) mass is 385 g/mol. The van der Waals surface area contributed by atoms with E-state index in [-0.39, 0.29) is 5.56 Å². The maximum atomic E-state index is 12.7. The van der Waals surface area contributed by atoms with Gasteiger partial charge in [-0.2, -0.15) is 0 Å². The smallest absolute Gasteiger partial charge is 0.341 e. The molecular weight excluding hydrogens is 366 g/mol. The van der Waals surface area contributed by atoms with Crippen molar-refractivity contribution in [2.45, 2.75) is 12.8 Å². The van der Waals surface area contributed by atoms with Crippen molar-refractivity contribution < 1.29 is 24.2 Å². The maximum Gasteiger partial charge on any atom is 0.341 e. The van der Waals surface area contributed by atoms with E-state index in [0.29, 0.717) is 23.4 Å². The molecule has 6 nitrogen and oxygen atoms in total. The Morgan fingerprint density at radius 3 is 2.41 bits per heavy atom. The number of carbonyl (C=O) groups excluding carboxylic acids is 2. The molecule has 0 bridgehead atoms. The average Bonchev–Trinajstić information content (AvgIpc) is 3.11. The van der Waals surface area contributed by atoms with Crippen LogP contribution in [-0.2, 0) is 14.3 Å². The zero-order valence-corrected chi connectivity index (χ0v) is 15.5. The Hall–Kier alpha value is -2.93. The minimum Gasteiger partial charge on any atom is -0.481 e. The summed E-state index contributed by atoms with van der Waals surface area (Å²) < 4.78 is 4.89. The van der Waals surface area contributed by atoms with Crippen LogP contribution in [0.1, 0.15) is 23.2 Å². The van der Waals surface area contributed by atoms with Crippen LogP contribution in [0.2, 0.25) is 0 Å². The van der Waals surface area contributed by atoms with Gasteiger partial charge in [0.05, 0.1) is 18.9 Å². The first-order valence-corrected chi connectivity index (χ1v) is 9.34. The standard InChI is InChI=1S/C20H19NO5S/c1-26-20(25)16-15(12-7-3-2-4-8-12)11-27-18(16)21-17(22)13-9-5-6-10-14(13)19(23)24/h2-8,11,13-14H,9-10H2,1H3,(H,21,22)(H,23,24)/t13-,14+/m0/s1. The van der Waals surface area contributed by atoms with Crippen LogP contribution in [0.3, 0.4) is 0 Å². The summed E-state index contributed by atoms with van der Waals surface area (Å²) in [6, 6.07) is 9.33. The van der Waals surface area contributed by atoms with E-state index in [2.05, 4.69) is 5.32 Å². The highest BCUT2D eigenvalue weighted by atomic mass is 32.1. The molecule has 0 aliphatic heterocycles. The molecule has 27 heavy (non-hydrogen) atoms. The Balaban J connectivity index is 1.92. The van der Waals surface area contributed by atoms with E-state index in [0.717, 1.165) is 5.56 Å². The molecule has 1 amide bonds. The molecule has 0 unspecified atom stereocenters. The number of carbonyl (C=O) groups is 3. The number of carboxylic acid groups (broad SMARTS) is 1. The minimum absolute atomic E-state index is 0.278. The number of hydrogen-bond donors (Lipinski definition) is 2. The van der Waals surface area contributed by atoms with E-state index in [9.17, 15) is 19.5 Å². The fourth-order valence-corrected chi connectivity index (χ4v) is 4.13. The van der Waals surface area contributed by atoms with E-state index < -0.39 is 29.7 Å². The molecule has 140 valence electrons. The first-order valence-electron chi connectivity index (χ1n) is 8.46. The minimum atomic E-state index is -0.996. The normalized spacial score (nSPS) is 18.7. The van der Waals surface area contributed by atoms with E-state index >= 15 is 0 Å². The van der Waals surface area contributed by atoms with Crippen molar-refractivity contribution in [3.05, 3.63) is 53.4 Å². The van der Waals surface area contributed by atoms with E-state index in [4.69, 9.17) is 4.74 Å². The van der Waals surface area contributed by atoms with Crippen LogP contribution in [0.5, 0.6) is 0 Å². The van der Waals surface area contributed by atoms with Gasteiger partial charge in [0.15, 0.2) is 0 Å². The Morgan fingerprint density at radius 1 is 1.11 bits per heavy atom. The SMILES string of the molecule is COC(=O)c1c(-c2ccccc2)csc1NC(=O)[C@H]1CC=CC[C@H]1C(=O)O. The summed E-state index contributed by atoms with van der Waals surface area (Å²) >= 11 is 1.22. The van der Waals surface area contributed by atoms with Crippen molar-refractivity contribution in [3.63, 3.8) is 0 Å². The van der Waals surface area contributed by atoms with Crippen LogP contribution in [0.15, 0.2) is 47.9 Å². The Kier molecular flexibility index (Phi) is 5.71. The molecule has 1 aliphatic rings. The van der Waals surface area contributed by atoms with Crippen LogP contribution in [0.4, 0.5) is 5.00 Å². The number of thiophene rings is 1. The van der Waals surface area contributed by atoms with Crippen molar-refractivity contribution in [2.75, 3.05) is 12.4 Å². The number of benzene rings is 1. The molecule has 1 aromatic heterocycles. The largest absolute Gasteiger partial charge is 0.481 e. The zero-order valence-electron chi connectivity index (χ0n) is 14.7. The number of rotatable bonds is 5. The number of methoxy groups -OCH3 is 1. The van der Waals surface area contributed by atoms with Gasteiger partial charge in [-0.05, 0) is 18.4 Å². The first kappa shape index (κ1) is 18.8. The molecule has 2 atom stereocenters. The predicted molar refractivity (Wildman–Crippen MR) is 103 cm³/mol. The predicted octanol–water partition coefficient (Wildman–Crippen LogP) is 3.81. The molecule has 1 aromatic carbocycles. The number of amides is 1. The van der Waals surface area contributed by atoms with Crippen molar-refractivity contribution in [1.82, 2.24) is 0 Å². The second kappa shape index (κ2) is 8.18. The number of carboxylic acids is 1. The quantitative estimate of drug-likeness (QED) is 0.603. The molecule has 0 spiro atoms. The van der Waals surface area contributed by atoms with Crippen molar-refractivity contribution in [2.24, 2.45) is 11.8 Å². The van der Waals surface area contributed by atoms with Gasteiger partial charge in [-0.15, -0.1) is 11.3 Å². The topological polar surface area (TPSA) is 92.7 Å². The highest BCUT2D eigenvalue weighted by Crippen LogP contribution is 2.37. The number of nitrogens with one attached hydrogen (secondary N) is 1. The summed E-state index contributed by atoms with van der Waals surface area (Å²) in [4.78, 5) is 36.5. The summed E-state index contributed by atoms with van der Waals surface area (Å²) in [6.45, 7) is 0. The molecule has 0 saturated heterocycles. The highest BCUT2D eigenvalue weighted by Gasteiger charge is 2.35. The summed E-state index contributed by atoms with van der Waals surface area (Å²) in [6.07, 6.45) is 4.26. The van der Waals surface area contributed by atoms with Gasteiger partial charge in [0.1, 0.15) is 10.6 Å². The van der Waals surface area contributed by atoms with Gasteiger partial charge in [-0.3, -0.25) is 9.59 Å². The van der Waals surface area contributed by atoms with Crippen LogP contribution < -0.4 is 5.32 Å². The lowest BCUT2D eigenvalue weighted by Gasteiger charge is -2.24. The Labute approximate surface area is 160 Å². The Morgan fingerprint density at radius 2 is 1.78 bits per heavy atom. The molecule has 1 heterocycles. The molecule has 3 rings (SSSR count). The molecule has 1 aliphatic carbocycles. The van der Waals surface area contributed by atoms with Gasteiger partial charge >= 0.3 is 11.9 Å².